The maximum Gasteiger partial charge on any atom is 0.387 e. The number of amides is 1. The van der Waals surface area contributed by atoms with Crippen molar-refractivity contribution in [2.45, 2.75) is 25.4 Å². The predicted octanol–water partition coefficient (Wildman–Crippen LogP) is 3.01. The number of piperidine rings is 1. The van der Waals surface area contributed by atoms with Gasteiger partial charge in [-0.05, 0) is 42.5 Å². The third-order valence-electron chi connectivity index (χ3n) is 4.72. The minimum absolute atomic E-state index is 0.0564. The van der Waals surface area contributed by atoms with Crippen LogP contribution in [0.3, 0.4) is 0 Å². The van der Waals surface area contributed by atoms with Gasteiger partial charge in [0, 0.05) is 32.4 Å². The first-order valence-electron chi connectivity index (χ1n) is 8.45. The normalized spacial score (nSPS) is 15.3. The summed E-state index contributed by atoms with van der Waals surface area (Å²) in [6.07, 6.45) is 3.18. The van der Waals surface area contributed by atoms with Crippen LogP contribution in [0.2, 0.25) is 0 Å². The summed E-state index contributed by atoms with van der Waals surface area (Å²) >= 11 is 0. The molecule has 5 nitrogen and oxygen atoms in total. The Bertz CT molecular complexity index is 843. The quantitative estimate of drug-likeness (QED) is 0.840. The first kappa shape index (κ1) is 18.1. The molecule has 26 heavy (non-hydrogen) atoms. The number of rotatable bonds is 4. The largest absolute Gasteiger partial charge is 0.434 e. The van der Waals surface area contributed by atoms with Gasteiger partial charge in [0.25, 0.3) is 11.5 Å². The fraction of sp³-hybridized carbons (Fsp3) is 0.368. The number of aryl methyl sites for hydroxylation is 1. The third kappa shape index (κ3) is 3.92. The second-order valence-electron chi connectivity index (χ2n) is 6.35. The van der Waals surface area contributed by atoms with Gasteiger partial charge in [0.1, 0.15) is 5.75 Å². The topological polar surface area (TPSA) is 51.5 Å². The van der Waals surface area contributed by atoms with Crippen molar-refractivity contribution in [1.82, 2.24) is 9.47 Å². The van der Waals surface area contributed by atoms with Gasteiger partial charge in [-0.15, -0.1) is 0 Å². The lowest BCUT2D eigenvalue weighted by molar-refractivity contribution is -0.0503. The van der Waals surface area contributed by atoms with E-state index in [4.69, 9.17) is 0 Å². The number of pyridine rings is 1. The highest BCUT2D eigenvalue weighted by Gasteiger charge is 2.27. The number of carbonyl (C=O) groups is 1. The Labute approximate surface area is 149 Å². The van der Waals surface area contributed by atoms with Gasteiger partial charge in [0.05, 0.1) is 5.56 Å². The van der Waals surface area contributed by atoms with Gasteiger partial charge in [-0.25, -0.2) is 0 Å². The van der Waals surface area contributed by atoms with Gasteiger partial charge in [-0.1, -0.05) is 12.1 Å². The molecule has 0 atom stereocenters. The van der Waals surface area contributed by atoms with E-state index in [0.29, 0.717) is 13.1 Å². The van der Waals surface area contributed by atoms with Crippen molar-refractivity contribution in [2.75, 3.05) is 13.1 Å². The Morgan fingerprint density at radius 1 is 1.19 bits per heavy atom. The van der Waals surface area contributed by atoms with Crippen LogP contribution in [0.5, 0.6) is 5.75 Å². The minimum Gasteiger partial charge on any atom is -0.434 e. The van der Waals surface area contributed by atoms with Crippen molar-refractivity contribution in [3.05, 3.63) is 64.1 Å². The molecule has 0 radical (unpaired) electrons. The number of aromatic nitrogens is 1. The average Bonchev–Trinajstić information content (AvgIpc) is 2.63. The molecule has 2 aromatic rings. The molecule has 0 bridgehead atoms. The van der Waals surface area contributed by atoms with Crippen LogP contribution in [0.15, 0.2) is 47.4 Å². The standard InChI is InChI=1S/C19H20F2N2O3/c1-22-9-6-14(12-17(22)24)13-7-10-23(11-8-13)18(25)15-4-2-3-5-16(15)26-19(20)21/h2-6,9,12-13,19H,7-8,10-11H2,1H3. The highest BCUT2D eigenvalue weighted by Crippen LogP contribution is 2.29. The van der Waals surface area contributed by atoms with Crippen LogP contribution in [0.25, 0.3) is 0 Å². The first-order chi connectivity index (χ1) is 12.5. The zero-order valence-electron chi connectivity index (χ0n) is 14.4. The highest BCUT2D eigenvalue weighted by atomic mass is 19.3. The number of likely N-dealkylation sites (tertiary alicyclic amines) is 1. The number of nitrogens with zero attached hydrogens (tertiary/aromatic N) is 2. The summed E-state index contributed by atoms with van der Waals surface area (Å²) in [4.78, 5) is 26.1. The summed E-state index contributed by atoms with van der Waals surface area (Å²) in [5, 5.41) is 0. The van der Waals surface area contributed by atoms with E-state index in [1.807, 2.05) is 6.07 Å². The van der Waals surface area contributed by atoms with Gasteiger partial charge in [-0.3, -0.25) is 9.59 Å². The summed E-state index contributed by atoms with van der Waals surface area (Å²) in [5.41, 5.74) is 1.06. The van der Waals surface area contributed by atoms with Crippen LogP contribution in [0, 0.1) is 0 Å². The van der Waals surface area contributed by atoms with Crippen molar-refractivity contribution >= 4 is 5.91 Å². The van der Waals surface area contributed by atoms with E-state index < -0.39 is 6.61 Å². The Hall–Kier alpha value is -2.70. The fourth-order valence-corrected chi connectivity index (χ4v) is 3.25. The minimum atomic E-state index is -2.98. The van der Waals surface area contributed by atoms with E-state index in [0.717, 1.165) is 18.4 Å². The Morgan fingerprint density at radius 2 is 1.88 bits per heavy atom. The molecule has 0 spiro atoms. The predicted molar refractivity (Wildman–Crippen MR) is 92.6 cm³/mol. The van der Waals surface area contributed by atoms with Crippen LogP contribution in [-0.2, 0) is 7.05 Å². The molecule has 7 heteroatoms. The van der Waals surface area contributed by atoms with Crippen LogP contribution < -0.4 is 10.3 Å². The van der Waals surface area contributed by atoms with Crippen LogP contribution >= 0.6 is 0 Å². The van der Waals surface area contributed by atoms with Crippen molar-refractivity contribution in [3.8, 4) is 5.75 Å². The lowest BCUT2D eigenvalue weighted by Crippen LogP contribution is -2.38. The lowest BCUT2D eigenvalue weighted by atomic mass is 9.90. The molecule has 2 heterocycles. The van der Waals surface area contributed by atoms with E-state index in [-0.39, 0.29) is 28.7 Å². The average molecular weight is 362 g/mol. The molecule has 1 aromatic heterocycles. The number of hydrogen-bond acceptors (Lipinski definition) is 3. The van der Waals surface area contributed by atoms with Gasteiger partial charge in [0.2, 0.25) is 0 Å². The maximum absolute atomic E-state index is 12.7. The lowest BCUT2D eigenvalue weighted by Gasteiger charge is -2.32. The second kappa shape index (κ2) is 7.68. The van der Waals surface area contributed by atoms with Crippen LogP contribution in [-0.4, -0.2) is 35.1 Å². The van der Waals surface area contributed by atoms with Gasteiger partial charge in [-0.2, -0.15) is 8.78 Å². The van der Waals surface area contributed by atoms with Gasteiger partial charge < -0.3 is 14.2 Å². The molecule has 0 aliphatic carbocycles. The highest BCUT2D eigenvalue weighted by molar-refractivity contribution is 5.97. The number of carbonyl (C=O) groups excluding carboxylic acids is 1. The van der Waals surface area contributed by atoms with Crippen LogP contribution in [0.1, 0.15) is 34.7 Å². The zero-order chi connectivity index (χ0) is 18.7. The number of halogens is 2. The monoisotopic (exact) mass is 362 g/mol. The molecule has 0 saturated carbocycles. The number of para-hydroxylation sites is 1. The molecule has 3 rings (SSSR count). The summed E-state index contributed by atoms with van der Waals surface area (Å²) in [6.45, 7) is -1.97. The number of hydrogen-bond donors (Lipinski definition) is 0. The van der Waals surface area contributed by atoms with E-state index in [2.05, 4.69) is 4.74 Å². The molecule has 0 N–H and O–H groups in total. The van der Waals surface area contributed by atoms with E-state index in [1.165, 1.54) is 16.7 Å². The first-order valence-corrected chi connectivity index (χ1v) is 8.45. The summed E-state index contributed by atoms with van der Waals surface area (Å²) < 4.78 is 31.0. The molecular weight excluding hydrogens is 342 g/mol. The number of alkyl halides is 2. The fourth-order valence-electron chi connectivity index (χ4n) is 3.25. The molecule has 1 amide bonds. The zero-order valence-corrected chi connectivity index (χ0v) is 14.4. The maximum atomic E-state index is 12.7. The summed E-state index contributed by atoms with van der Waals surface area (Å²) in [5.74, 6) is -0.217. The van der Waals surface area contributed by atoms with Crippen molar-refractivity contribution < 1.29 is 18.3 Å². The second-order valence-corrected chi connectivity index (χ2v) is 6.35. The smallest absolute Gasteiger partial charge is 0.387 e. The molecule has 138 valence electrons. The van der Waals surface area contributed by atoms with Crippen molar-refractivity contribution in [2.24, 2.45) is 7.05 Å². The van der Waals surface area contributed by atoms with Crippen molar-refractivity contribution in [3.63, 3.8) is 0 Å². The molecule has 1 fully saturated rings. The molecule has 1 aliphatic heterocycles. The summed E-state index contributed by atoms with van der Waals surface area (Å²) in [7, 11) is 1.70. The van der Waals surface area contributed by atoms with Gasteiger partial charge in [0.15, 0.2) is 0 Å². The molecule has 1 aliphatic rings. The Kier molecular flexibility index (Phi) is 5.35. The Balaban J connectivity index is 1.69. The van der Waals surface area contributed by atoms with E-state index in [1.54, 1.807) is 36.3 Å². The van der Waals surface area contributed by atoms with Crippen molar-refractivity contribution in [1.29, 1.82) is 0 Å². The van der Waals surface area contributed by atoms with Gasteiger partial charge >= 0.3 is 6.61 Å². The summed E-state index contributed by atoms with van der Waals surface area (Å²) in [6, 6.07) is 9.59. The molecule has 1 saturated heterocycles. The third-order valence-corrected chi connectivity index (χ3v) is 4.72. The molecule has 0 unspecified atom stereocenters. The van der Waals surface area contributed by atoms with E-state index in [9.17, 15) is 18.4 Å². The van der Waals surface area contributed by atoms with Crippen LogP contribution in [0.4, 0.5) is 8.78 Å². The number of ether oxygens (including phenoxy) is 1. The SMILES string of the molecule is Cn1ccc(C2CCN(C(=O)c3ccccc3OC(F)F)CC2)cc1=O. The van der Waals surface area contributed by atoms with E-state index >= 15 is 0 Å². The number of benzene rings is 1. The Morgan fingerprint density at radius 3 is 2.54 bits per heavy atom. The molecule has 1 aromatic carbocycles. The molecular formula is C19H20F2N2O3.